The van der Waals surface area contributed by atoms with E-state index in [2.05, 4.69) is 5.32 Å². The maximum absolute atomic E-state index is 12.6. The molecular weight excluding hydrogens is 368 g/mol. The van der Waals surface area contributed by atoms with Gasteiger partial charge in [-0.05, 0) is 25.0 Å². The lowest BCUT2D eigenvalue weighted by molar-refractivity contribution is -0.186. The van der Waals surface area contributed by atoms with Gasteiger partial charge in [0.15, 0.2) is 6.04 Å². The fraction of sp³-hybridized carbons (Fsp3) is 0.368. The Morgan fingerprint density at radius 1 is 1.11 bits per heavy atom. The van der Waals surface area contributed by atoms with E-state index in [4.69, 9.17) is 14.2 Å². The predicted octanol–water partition coefficient (Wildman–Crippen LogP) is 1.48. The number of β-lactam (4-membered cyclic amide) rings is 1. The zero-order chi connectivity index (χ0) is 20.8. The number of nitrogens with one attached hydrogen (secondary N) is 1. The van der Waals surface area contributed by atoms with Gasteiger partial charge in [-0.3, -0.25) is 14.5 Å². The molecule has 2 rings (SSSR count). The molecular formula is C19H22N2O7. The van der Waals surface area contributed by atoms with E-state index in [1.165, 1.54) is 7.11 Å². The van der Waals surface area contributed by atoms with Crippen LogP contribution in [0, 0.1) is 0 Å². The largest absolute Gasteiger partial charge is 0.464 e. The van der Waals surface area contributed by atoms with Crippen LogP contribution in [0.5, 0.6) is 0 Å². The smallest absolute Gasteiger partial charge is 0.408 e. The van der Waals surface area contributed by atoms with Gasteiger partial charge in [0.2, 0.25) is 6.23 Å². The van der Waals surface area contributed by atoms with Crippen LogP contribution in [0.2, 0.25) is 0 Å². The maximum Gasteiger partial charge on any atom is 0.408 e. The molecule has 28 heavy (non-hydrogen) atoms. The monoisotopic (exact) mass is 390 g/mol. The zero-order valence-electron chi connectivity index (χ0n) is 16.1. The van der Waals surface area contributed by atoms with Crippen molar-refractivity contribution in [3.8, 4) is 0 Å². The van der Waals surface area contributed by atoms with Crippen LogP contribution in [-0.2, 0) is 35.2 Å². The average Bonchev–Trinajstić information content (AvgIpc) is 2.67. The number of benzene rings is 1. The number of esters is 2. The minimum absolute atomic E-state index is 0.0108. The van der Waals surface area contributed by atoms with Gasteiger partial charge in [-0.1, -0.05) is 30.3 Å². The Bertz CT molecular complexity index is 800. The van der Waals surface area contributed by atoms with Gasteiger partial charge in [-0.15, -0.1) is 0 Å². The summed E-state index contributed by atoms with van der Waals surface area (Å²) >= 11 is 0. The molecule has 0 aliphatic carbocycles. The summed E-state index contributed by atoms with van der Waals surface area (Å²) in [5.74, 6) is -2.05. The second kappa shape index (κ2) is 9.03. The minimum atomic E-state index is -1.18. The van der Waals surface area contributed by atoms with E-state index in [9.17, 15) is 19.2 Å². The molecule has 1 aliphatic heterocycles. The van der Waals surface area contributed by atoms with Crippen LogP contribution in [0.1, 0.15) is 26.3 Å². The molecule has 0 unspecified atom stereocenters. The van der Waals surface area contributed by atoms with E-state index in [1.807, 2.05) is 6.07 Å². The average molecular weight is 390 g/mol. The van der Waals surface area contributed by atoms with Crippen molar-refractivity contribution >= 4 is 23.9 Å². The lowest BCUT2D eigenvalue weighted by Gasteiger charge is -2.45. The maximum atomic E-state index is 12.6. The highest BCUT2D eigenvalue weighted by molar-refractivity contribution is 6.01. The van der Waals surface area contributed by atoms with Crippen molar-refractivity contribution in [2.24, 2.45) is 0 Å². The van der Waals surface area contributed by atoms with Gasteiger partial charge < -0.3 is 19.5 Å². The number of hydrogen-bond acceptors (Lipinski definition) is 7. The summed E-state index contributed by atoms with van der Waals surface area (Å²) in [5.41, 5.74) is 1.21. The van der Waals surface area contributed by atoms with Crippen LogP contribution >= 0.6 is 0 Å². The summed E-state index contributed by atoms with van der Waals surface area (Å²) in [5, 5.41) is 2.37. The molecule has 1 N–H and O–H groups in total. The molecule has 1 heterocycles. The number of carbonyl (C=O) groups is 4. The second-order valence-corrected chi connectivity index (χ2v) is 6.23. The van der Waals surface area contributed by atoms with E-state index in [0.717, 1.165) is 17.4 Å². The summed E-state index contributed by atoms with van der Waals surface area (Å²) in [7, 11) is 1.17. The van der Waals surface area contributed by atoms with Crippen LogP contribution in [-0.4, -0.2) is 48.2 Å². The van der Waals surface area contributed by atoms with Gasteiger partial charge in [-0.25, -0.2) is 9.59 Å². The molecule has 2 atom stereocenters. The van der Waals surface area contributed by atoms with Gasteiger partial charge in [0, 0.05) is 6.92 Å². The first-order chi connectivity index (χ1) is 13.3. The van der Waals surface area contributed by atoms with Gasteiger partial charge in [0.1, 0.15) is 12.3 Å². The zero-order valence-corrected chi connectivity index (χ0v) is 16.1. The third-order valence-electron chi connectivity index (χ3n) is 3.91. The Kier molecular flexibility index (Phi) is 6.75. The lowest BCUT2D eigenvalue weighted by atomic mass is 10.0. The van der Waals surface area contributed by atoms with Crippen LogP contribution < -0.4 is 5.32 Å². The quantitative estimate of drug-likeness (QED) is 0.339. The standard InChI is InChI=1S/C19H22N2O7/c1-11(2)15(18(24)26-4)21-16(23)14(17(21)28-12(3)22)20-19(25)27-10-13-8-6-5-7-9-13/h5-9,14,17H,10H2,1-4H3,(H,20,25)/t14-,17+/m1/s1. The fourth-order valence-electron chi connectivity index (χ4n) is 2.66. The Morgan fingerprint density at radius 3 is 2.29 bits per heavy atom. The van der Waals surface area contributed by atoms with Crippen LogP contribution in [0.15, 0.2) is 41.6 Å². The first kappa shape index (κ1) is 20.9. The highest BCUT2D eigenvalue weighted by Crippen LogP contribution is 2.29. The summed E-state index contributed by atoms with van der Waals surface area (Å²) in [4.78, 5) is 49.1. The van der Waals surface area contributed by atoms with Crippen LogP contribution in [0.3, 0.4) is 0 Å². The fourth-order valence-corrected chi connectivity index (χ4v) is 2.66. The molecule has 9 nitrogen and oxygen atoms in total. The van der Waals surface area contributed by atoms with E-state index in [0.29, 0.717) is 5.57 Å². The Balaban J connectivity index is 2.10. The number of hydrogen-bond donors (Lipinski definition) is 1. The SMILES string of the molecule is COC(=O)C(=C(C)C)N1C(=O)[C@@H](NC(=O)OCc2ccccc2)[C@@H]1OC(C)=O. The van der Waals surface area contributed by atoms with Gasteiger partial charge in [0.25, 0.3) is 5.91 Å². The van der Waals surface area contributed by atoms with Crippen molar-refractivity contribution in [2.45, 2.75) is 39.6 Å². The van der Waals surface area contributed by atoms with Crippen LogP contribution in [0.25, 0.3) is 0 Å². The van der Waals surface area contributed by atoms with E-state index in [-0.39, 0.29) is 12.3 Å². The van der Waals surface area contributed by atoms with Gasteiger partial charge in [0.05, 0.1) is 7.11 Å². The molecule has 150 valence electrons. The van der Waals surface area contributed by atoms with E-state index in [1.54, 1.807) is 38.1 Å². The number of likely N-dealkylation sites (tertiary alicyclic amines) is 1. The highest BCUT2D eigenvalue weighted by atomic mass is 16.6. The number of ether oxygens (including phenoxy) is 3. The topological polar surface area (TPSA) is 111 Å². The molecule has 9 heteroatoms. The van der Waals surface area contributed by atoms with Gasteiger partial charge in [-0.2, -0.15) is 0 Å². The molecule has 0 saturated carbocycles. The van der Waals surface area contributed by atoms with E-state index >= 15 is 0 Å². The first-order valence-electron chi connectivity index (χ1n) is 8.49. The summed E-state index contributed by atoms with van der Waals surface area (Å²) in [6, 6.07) is 7.82. The molecule has 0 spiro atoms. The van der Waals surface area contributed by atoms with Crippen molar-refractivity contribution < 1.29 is 33.4 Å². The summed E-state index contributed by atoms with van der Waals surface area (Å²) < 4.78 is 14.9. The van der Waals surface area contributed by atoms with Crippen molar-refractivity contribution in [2.75, 3.05) is 7.11 Å². The Labute approximate surface area is 162 Å². The minimum Gasteiger partial charge on any atom is -0.464 e. The number of nitrogens with zero attached hydrogens (tertiary/aromatic N) is 1. The number of carbonyl (C=O) groups excluding carboxylic acids is 4. The normalized spacial score (nSPS) is 17.9. The lowest BCUT2D eigenvalue weighted by Crippen LogP contribution is -2.72. The number of methoxy groups -OCH3 is 1. The third-order valence-corrected chi connectivity index (χ3v) is 3.91. The molecule has 2 amide bonds. The number of allylic oxidation sites excluding steroid dienone is 1. The molecule has 0 radical (unpaired) electrons. The van der Waals surface area contributed by atoms with Crippen LogP contribution in [0.4, 0.5) is 4.79 Å². The Hall–Kier alpha value is -3.36. The molecule has 0 aromatic heterocycles. The summed E-state index contributed by atoms with van der Waals surface area (Å²) in [6.07, 6.45) is -2.03. The second-order valence-electron chi connectivity index (χ2n) is 6.23. The van der Waals surface area contributed by atoms with Crippen molar-refractivity contribution in [3.05, 3.63) is 47.2 Å². The molecule has 1 aromatic rings. The molecule has 1 fully saturated rings. The number of rotatable bonds is 6. The summed E-state index contributed by atoms with van der Waals surface area (Å²) in [6.45, 7) is 4.39. The number of amides is 2. The van der Waals surface area contributed by atoms with Gasteiger partial charge >= 0.3 is 18.0 Å². The van der Waals surface area contributed by atoms with Crippen molar-refractivity contribution in [1.82, 2.24) is 10.2 Å². The van der Waals surface area contributed by atoms with Crippen molar-refractivity contribution in [3.63, 3.8) is 0 Å². The van der Waals surface area contributed by atoms with Crippen molar-refractivity contribution in [1.29, 1.82) is 0 Å². The van der Waals surface area contributed by atoms with E-state index < -0.39 is 36.2 Å². The third kappa shape index (κ3) is 4.67. The first-order valence-corrected chi connectivity index (χ1v) is 8.49. The Morgan fingerprint density at radius 2 is 1.75 bits per heavy atom. The number of alkyl carbamates (subject to hydrolysis) is 1. The molecule has 1 aromatic carbocycles. The molecule has 1 aliphatic rings. The molecule has 1 saturated heterocycles. The highest BCUT2D eigenvalue weighted by Gasteiger charge is 2.54. The molecule has 0 bridgehead atoms. The predicted molar refractivity (Wildman–Crippen MR) is 96.3 cm³/mol.